The number of halogens is 1. The van der Waals surface area contributed by atoms with Crippen molar-refractivity contribution in [1.82, 2.24) is 19.5 Å². The van der Waals surface area contributed by atoms with Gasteiger partial charge in [-0.05, 0) is 18.2 Å². The fourth-order valence-corrected chi connectivity index (χ4v) is 4.26. The number of hydrogen-bond donors (Lipinski definition) is 1. The zero-order chi connectivity index (χ0) is 19.0. The van der Waals surface area contributed by atoms with Gasteiger partial charge in [-0.1, -0.05) is 15.9 Å². The van der Waals surface area contributed by atoms with Gasteiger partial charge in [0.05, 0.1) is 5.69 Å². The molecule has 3 aromatic rings. The molecule has 0 amide bonds. The van der Waals surface area contributed by atoms with Crippen molar-refractivity contribution in [3.63, 3.8) is 0 Å². The zero-order valence-corrected chi connectivity index (χ0v) is 17.4. The summed E-state index contributed by atoms with van der Waals surface area (Å²) < 4.78 is 13.2. The maximum Gasteiger partial charge on any atom is 0.231 e. The quantitative estimate of drug-likeness (QED) is 0.572. The summed E-state index contributed by atoms with van der Waals surface area (Å²) in [4.78, 5) is 16.3. The van der Waals surface area contributed by atoms with Gasteiger partial charge in [0.2, 0.25) is 6.79 Å². The lowest BCUT2D eigenvalue weighted by Crippen LogP contribution is -2.10. The lowest BCUT2D eigenvalue weighted by atomic mass is 10.2. The van der Waals surface area contributed by atoms with Gasteiger partial charge in [0.25, 0.3) is 0 Å². The number of fused-ring (bicyclic) bond motifs is 2. The third-order valence-corrected chi connectivity index (χ3v) is 5.78. The lowest BCUT2D eigenvalue weighted by Gasteiger charge is -2.18. The minimum atomic E-state index is 0.242. The van der Waals surface area contributed by atoms with Gasteiger partial charge in [-0.15, -0.1) is 0 Å². The van der Waals surface area contributed by atoms with Crippen LogP contribution in [0.25, 0.3) is 11.2 Å². The van der Waals surface area contributed by atoms with Gasteiger partial charge in [0.1, 0.15) is 6.33 Å². The normalized spacial score (nSPS) is 12.7. The second-order valence-electron chi connectivity index (χ2n) is 6.19. The lowest BCUT2D eigenvalue weighted by molar-refractivity contribution is 0.174. The highest BCUT2D eigenvalue weighted by Gasteiger charge is 2.22. The first-order valence-corrected chi connectivity index (χ1v) is 10.3. The molecule has 8 nitrogen and oxygen atoms in total. The molecular formula is C17H19BrN6O2S. The van der Waals surface area contributed by atoms with Gasteiger partial charge in [-0.3, -0.25) is 0 Å². The molecule has 4 rings (SSSR count). The number of imidazole rings is 1. The van der Waals surface area contributed by atoms with Crippen LogP contribution >= 0.6 is 27.7 Å². The van der Waals surface area contributed by atoms with E-state index in [1.807, 2.05) is 31.1 Å². The number of aryl methyl sites for hydroxylation is 1. The molecule has 1 aromatic carbocycles. The Morgan fingerprint density at radius 1 is 1.26 bits per heavy atom. The van der Waals surface area contributed by atoms with Crippen LogP contribution in [0.3, 0.4) is 0 Å². The summed E-state index contributed by atoms with van der Waals surface area (Å²) in [5.74, 6) is 1.88. The smallest absolute Gasteiger partial charge is 0.231 e. The number of nitrogen functional groups attached to an aromatic ring is 1. The number of ether oxygens (including phenoxy) is 2. The van der Waals surface area contributed by atoms with Crippen LogP contribution in [-0.2, 0) is 6.54 Å². The maximum absolute atomic E-state index is 6.02. The number of hydrogen-bond acceptors (Lipinski definition) is 8. The number of anilines is 2. The molecule has 2 aromatic heterocycles. The molecule has 2 N–H and O–H groups in total. The van der Waals surface area contributed by atoms with Gasteiger partial charge >= 0.3 is 0 Å². The van der Waals surface area contributed by atoms with E-state index in [1.165, 1.54) is 6.33 Å². The number of alkyl halides is 1. The largest absolute Gasteiger partial charge is 0.454 e. The Balaban J connectivity index is 1.80. The van der Waals surface area contributed by atoms with Gasteiger partial charge < -0.3 is 24.7 Å². The summed E-state index contributed by atoms with van der Waals surface area (Å²) in [6, 6.07) is 3.98. The molecule has 0 spiro atoms. The third-order valence-electron chi connectivity index (χ3n) is 4.18. The van der Waals surface area contributed by atoms with Crippen LogP contribution in [0.2, 0.25) is 0 Å². The van der Waals surface area contributed by atoms with E-state index >= 15 is 0 Å². The molecule has 142 valence electrons. The molecule has 27 heavy (non-hydrogen) atoms. The van der Waals surface area contributed by atoms with Crippen LogP contribution < -0.4 is 20.1 Å². The van der Waals surface area contributed by atoms with Gasteiger partial charge in [-0.25, -0.2) is 15.0 Å². The minimum absolute atomic E-state index is 0.242. The highest BCUT2D eigenvalue weighted by Crippen LogP contribution is 2.44. The Bertz CT molecular complexity index is 993. The molecule has 10 heteroatoms. The number of rotatable bonds is 6. The van der Waals surface area contributed by atoms with E-state index in [0.29, 0.717) is 11.3 Å². The molecule has 0 saturated heterocycles. The average Bonchev–Trinajstić information content (AvgIpc) is 3.24. The number of nitrogens with two attached hydrogens (primary N) is 1. The average molecular weight is 451 g/mol. The summed E-state index contributed by atoms with van der Waals surface area (Å²) in [7, 11) is 4.00. The van der Waals surface area contributed by atoms with Crippen molar-refractivity contribution in [2.45, 2.75) is 23.0 Å². The van der Waals surface area contributed by atoms with Crippen LogP contribution in [0.5, 0.6) is 11.5 Å². The minimum Gasteiger partial charge on any atom is -0.454 e. The van der Waals surface area contributed by atoms with Crippen molar-refractivity contribution in [3.05, 3.63) is 18.5 Å². The SMILES string of the molecule is CN(C)c1cc2c(cc1Sc1nc3c(N)ncnc3n1CCCBr)OCO2. The molecule has 0 saturated carbocycles. The van der Waals surface area contributed by atoms with Crippen molar-refractivity contribution in [3.8, 4) is 11.5 Å². The second-order valence-corrected chi connectivity index (χ2v) is 7.99. The van der Waals surface area contributed by atoms with Crippen molar-refractivity contribution in [2.24, 2.45) is 0 Å². The summed E-state index contributed by atoms with van der Waals surface area (Å²) in [5, 5.41) is 1.71. The second kappa shape index (κ2) is 7.43. The molecule has 0 bridgehead atoms. The Morgan fingerprint density at radius 2 is 2.04 bits per heavy atom. The van der Waals surface area contributed by atoms with E-state index in [4.69, 9.17) is 20.2 Å². The van der Waals surface area contributed by atoms with Gasteiger partial charge in [-0.2, -0.15) is 0 Å². The molecule has 0 aliphatic carbocycles. The monoisotopic (exact) mass is 450 g/mol. The van der Waals surface area contributed by atoms with E-state index in [1.54, 1.807) is 11.8 Å². The van der Waals surface area contributed by atoms with Crippen LogP contribution in [-0.4, -0.2) is 45.7 Å². The third kappa shape index (κ3) is 3.39. The summed E-state index contributed by atoms with van der Waals surface area (Å²) >= 11 is 5.05. The highest BCUT2D eigenvalue weighted by molar-refractivity contribution is 9.09. The van der Waals surface area contributed by atoms with E-state index in [2.05, 4.69) is 30.5 Å². The van der Waals surface area contributed by atoms with Crippen molar-refractivity contribution < 1.29 is 9.47 Å². The summed E-state index contributed by atoms with van der Waals surface area (Å²) in [6.07, 6.45) is 2.43. The topological polar surface area (TPSA) is 91.3 Å². The molecule has 1 aliphatic heterocycles. The van der Waals surface area contributed by atoms with Crippen LogP contribution in [0.1, 0.15) is 6.42 Å². The fourth-order valence-electron chi connectivity index (χ4n) is 2.87. The van der Waals surface area contributed by atoms with E-state index < -0.39 is 0 Å². The Morgan fingerprint density at radius 3 is 2.78 bits per heavy atom. The van der Waals surface area contributed by atoms with Crippen molar-refractivity contribution in [2.75, 3.05) is 36.9 Å². The summed E-state index contributed by atoms with van der Waals surface area (Å²) in [5.41, 5.74) is 8.43. The van der Waals surface area contributed by atoms with Crippen molar-refractivity contribution in [1.29, 1.82) is 0 Å². The maximum atomic E-state index is 6.02. The first-order valence-electron chi connectivity index (χ1n) is 8.40. The molecule has 1 aliphatic rings. The molecule has 3 heterocycles. The molecular weight excluding hydrogens is 432 g/mol. The standard InChI is InChI=1S/C17H19BrN6O2S/c1-23(2)10-6-11-12(26-9-25-11)7-13(10)27-17-22-14-15(19)20-8-21-16(14)24(17)5-3-4-18/h6-8H,3-5,9H2,1-2H3,(H2,19,20,21). The molecule has 0 fully saturated rings. The molecule has 0 atom stereocenters. The fraction of sp³-hybridized carbons (Fsp3) is 0.353. The van der Waals surface area contributed by atoms with E-state index in [-0.39, 0.29) is 6.79 Å². The molecule has 0 unspecified atom stereocenters. The first kappa shape index (κ1) is 18.2. The Hall–Kier alpha value is -2.20. The first-order chi connectivity index (χ1) is 13.1. The van der Waals surface area contributed by atoms with E-state index in [0.717, 1.165) is 51.2 Å². The summed E-state index contributed by atoms with van der Waals surface area (Å²) in [6.45, 7) is 1.02. The van der Waals surface area contributed by atoms with Crippen LogP contribution in [0.4, 0.5) is 11.5 Å². The van der Waals surface area contributed by atoms with Gasteiger partial charge in [0.15, 0.2) is 33.6 Å². The number of benzene rings is 1. The number of aromatic nitrogens is 4. The van der Waals surface area contributed by atoms with E-state index in [9.17, 15) is 0 Å². The van der Waals surface area contributed by atoms with Crippen molar-refractivity contribution >= 4 is 50.4 Å². The highest BCUT2D eigenvalue weighted by atomic mass is 79.9. The predicted octanol–water partition coefficient (Wildman–Crippen LogP) is 3.14. The van der Waals surface area contributed by atoms with Crippen LogP contribution in [0, 0.1) is 0 Å². The number of nitrogens with zero attached hydrogens (tertiary/aromatic N) is 5. The zero-order valence-electron chi connectivity index (χ0n) is 15.0. The van der Waals surface area contributed by atoms with Crippen LogP contribution in [0.15, 0.2) is 28.5 Å². The van der Waals surface area contributed by atoms with Gasteiger partial charge in [0, 0.05) is 43.0 Å². The Labute approximate surface area is 169 Å². The predicted molar refractivity (Wildman–Crippen MR) is 109 cm³/mol. The Kier molecular flexibility index (Phi) is 5.00. The molecule has 0 radical (unpaired) electrons.